The highest BCUT2D eigenvalue weighted by atomic mass is 32.1. The quantitative estimate of drug-likeness (QED) is 0.743. The smallest absolute Gasteiger partial charge is 0.348 e. The molecule has 2 N–H and O–H groups in total. The van der Waals surface area contributed by atoms with Crippen LogP contribution in [0, 0.1) is 11.3 Å². The molecule has 0 fully saturated rings. The Morgan fingerprint density at radius 2 is 2.09 bits per heavy atom. The number of ether oxygens (including phenoxy) is 1. The second kappa shape index (κ2) is 6.02. The van der Waals surface area contributed by atoms with E-state index in [-0.39, 0.29) is 11.9 Å². The highest BCUT2D eigenvalue weighted by Gasteiger charge is 2.17. The van der Waals surface area contributed by atoms with Gasteiger partial charge in [-0.05, 0) is 25.1 Å². The van der Waals surface area contributed by atoms with Crippen molar-refractivity contribution in [3.05, 3.63) is 40.8 Å². The number of nitriles is 1. The summed E-state index contributed by atoms with van der Waals surface area (Å²) in [6.07, 6.45) is 0. The summed E-state index contributed by atoms with van der Waals surface area (Å²) >= 11 is 1.22. The summed E-state index contributed by atoms with van der Waals surface area (Å²) in [6, 6.07) is 10.8. The molecule has 0 unspecified atom stereocenters. The second-order valence-electron chi connectivity index (χ2n) is 4.67. The van der Waals surface area contributed by atoms with E-state index in [0.29, 0.717) is 27.6 Å². The highest BCUT2D eigenvalue weighted by Crippen LogP contribution is 2.32. The maximum Gasteiger partial charge on any atom is 0.348 e. The van der Waals surface area contributed by atoms with Crippen LogP contribution in [0.1, 0.15) is 22.2 Å². The molecule has 0 aliphatic rings. The minimum Gasteiger partial charge on any atom is -0.462 e. The fraction of sp³-hybridized carbons (Fsp3) is 0.125. The van der Waals surface area contributed by atoms with Crippen molar-refractivity contribution < 1.29 is 9.53 Å². The molecule has 0 saturated heterocycles. The highest BCUT2D eigenvalue weighted by molar-refractivity contribution is 7.20. The summed E-state index contributed by atoms with van der Waals surface area (Å²) in [5, 5.41) is 9.62. The zero-order valence-electron chi connectivity index (χ0n) is 12.2. The molecule has 1 aromatic carbocycles. The van der Waals surface area contributed by atoms with Gasteiger partial charge < -0.3 is 10.5 Å². The Morgan fingerprint density at radius 3 is 2.74 bits per heavy atom. The number of fused-ring (bicyclic) bond motifs is 1. The molecule has 2 aromatic heterocycles. The maximum absolute atomic E-state index is 11.9. The van der Waals surface area contributed by atoms with Crippen molar-refractivity contribution in [3.63, 3.8) is 0 Å². The van der Waals surface area contributed by atoms with E-state index in [0.717, 1.165) is 10.9 Å². The lowest BCUT2D eigenvalue weighted by Crippen LogP contribution is -2.01. The van der Waals surface area contributed by atoms with E-state index in [1.807, 2.05) is 0 Å². The number of nitrogens with two attached hydrogens (primary N) is 1. The number of nitrogens with zero attached hydrogens (tertiary/aromatic N) is 3. The minimum absolute atomic E-state index is 0.133. The fourth-order valence-corrected chi connectivity index (χ4v) is 3.10. The molecule has 114 valence electrons. The molecule has 0 aliphatic carbocycles. The molecule has 2 heterocycles. The van der Waals surface area contributed by atoms with Gasteiger partial charge in [0.25, 0.3) is 0 Å². The number of carbonyl (C=O) groups is 1. The van der Waals surface area contributed by atoms with Gasteiger partial charge in [0.1, 0.15) is 9.71 Å². The Morgan fingerprint density at radius 1 is 1.35 bits per heavy atom. The van der Waals surface area contributed by atoms with Crippen LogP contribution in [0.5, 0.6) is 0 Å². The molecule has 6 nitrogen and oxygen atoms in total. The van der Waals surface area contributed by atoms with Crippen molar-refractivity contribution in [1.29, 1.82) is 5.26 Å². The molecule has 0 bridgehead atoms. The van der Waals surface area contributed by atoms with Crippen molar-refractivity contribution in [2.24, 2.45) is 0 Å². The Balaban J connectivity index is 2.15. The van der Waals surface area contributed by atoms with E-state index in [2.05, 4.69) is 16.0 Å². The molecule has 0 amide bonds. The van der Waals surface area contributed by atoms with E-state index < -0.39 is 0 Å². The van der Waals surface area contributed by atoms with Gasteiger partial charge in [-0.25, -0.2) is 14.8 Å². The molecule has 3 rings (SSSR count). The molecule has 23 heavy (non-hydrogen) atoms. The predicted octanol–water partition coefficient (Wildman–Crippen LogP) is 2.99. The number of esters is 1. The SMILES string of the molecule is CCOC(=O)c1cc2c(-c3ccc(C#N)cc3)nc(N)nc2s1. The first-order valence-electron chi connectivity index (χ1n) is 6.87. The largest absolute Gasteiger partial charge is 0.462 e. The van der Waals surface area contributed by atoms with Crippen LogP contribution in [0.3, 0.4) is 0 Å². The number of nitrogen functional groups attached to an aromatic ring is 1. The summed E-state index contributed by atoms with van der Waals surface area (Å²) in [5.74, 6) is -0.256. The van der Waals surface area contributed by atoms with Crippen LogP contribution in [0.4, 0.5) is 5.95 Å². The van der Waals surface area contributed by atoms with Crippen molar-refractivity contribution in [2.45, 2.75) is 6.92 Å². The average molecular weight is 324 g/mol. The third kappa shape index (κ3) is 2.84. The van der Waals surface area contributed by atoms with Gasteiger partial charge in [0, 0.05) is 10.9 Å². The number of benzene rings is 1. The van der Waals surface area contributed by atoms with Crippen LogP contribution >= 0.6 is 11.3 Å². The van der Waals surface area contributed by atoms with E-state index in [4.69, 9.17) is 15.7 Å². The first-order valence-corrected chi connectivity index (χ1v) is 7.68. The predicted molar refractivity (Wildman–Crippen MR) is 87.9 cm³/mol. The standard InChI is InChI=1S/C16H12N4O2S/c1-2-22-15(21)12-7-11-13(19-16(18)20-14(11)23-12)10-5-3-9(8-17)4-6-10/h3-7H,2H2,1H3,(H2,18,19,20). The molecular formula is C16H12N4O2S. The number of hydrogen-bond donors (Lipinski definition) is 1. The van der Waals surface area contributed by atoms with Crippen LogP contribution in [0.2, 0.25) is 0 Å². The Bertz CT molecular complexity index is 926. The average Bonchev–Trinajstić information content (AvgIpc) is 2.98. The van der Waals surface area contributed by atoms with E-state index >= 15 is 0 Å². The maximum atomic E-state index is 11.9. The van der Waals surface area contributed by atoms with Crippen LogP contribution < -0.4 is 5.73 Å². The molecule has 7 heteroatoms. The van der Waals surface area contributed by atoms with E-state index in [9.17, 15) is 4.79 Å². The summed E-state index contributed by atoms with van der Waals surface area (Å²) < 4.78 is 5.02. The van der Waals surface area contributed by atoms with Gasteiger partial charge in [-0.15, -0.1) is 11.3 Å². The number of carbonyl (C=O) groups excluding carboxylic acids is 1. The monoisotopic (exact) mass is 324 g/mol. The van der Waals surface area contributed by atoms with Gasteiger partial charge in [-0.1, -0.05) is 12.1 Å². The van der Waals surface area contributed by atoms with Gasteiger partial charge in [0.2, 0.25) is 5.95 Å². The topological polar surface area (TPSA) is 102 Å². The Hall–Kier alpha value is -2.98. The summed E-state index contributed by atoms with van der Waals surface area (Å²) in [5.41, 5.74) is 7.77. The van der Waals surface area contributed by atoms with E-state index in [1.165, 1.54) is 11.3 Å². The lowest BCUT2D eigenvalue weighted by atomic mass is 10.1. The number of anilines is 1. The van der Waals surface area contributed by atoms with Crippen LogP contribution in [0.15, 0.2) is 30.3 Å². The fourth-order valence-electron chi connectivity index (χ4n) is 2.16. The van der Waals surface area contributed by atoms with Gasteiger partial charge in [-0.3, -0.25) is 0 Å². The van der Waals surface area contributed by atoms with Crippen LogP contribution in [-0.2, 0) is 4.74 Å². The lowest BCUT2D eigenvalue weighted by Gasteiger charge is -2.03. The van der Waals surface area contributed by atoms with Gasteiger partial charge in [-0.2, -0.15) is 5.26 Å². The summed E-state index contributed by atoms with van der Waals surface area (Å²) in [7, 11) is 0. The number of thiophene rings is 1. The van der Waals surface area contributed by atoms with Crippen LogP contribution in [-0.4, -0.2) is 22.5 Å². The number of hydrogen-bond acceptors (Lipinski definition) is 7. The zero-order chi connectivity index (χ0) is 16.4. The molecule has 0 atom stereocenters. The Kier molecular flexibility index (Phi) is 3.91. The number of aromatic nitrogens is 2. The van der Waals surface area contributed by atoms with Crippen LogP contribution in [0.25, 0.3) is 21.5 Å². The molecule has 0 spiro atoms. The molecule has 0 radical (unpaired) electrons. The van der Waals surface area contributed by atoms with Crippen molar-refractivity contribution >= 4 is 33.5 Å². The summed E-state index contributed by atoms with van der Waals surface area (Å²) in [4.78, 5) is 21.5. The third-order valence-corrected chi connectivity index (χ3v) is 4.18. The molecule has 0 saturated carbocycles. The summed E-state index contributed by atoms with van der Waals surface area (Å²) in [6.45, 7) is 2.06. The first kappa shape index (κ1) is 14.9. The minimum atomic E-state index is -0.389. The lowest BCUT2D eigenvalue weighted by molar-refractivity contribution is 0.0532. The van der Waals surface area contributed by atoms with Gasteiger partial charge >= 0.3 is 5.97 Å². The van der Waals surface area contributed by atoms with Crippen molar-refractivity contribution in [3.8, 4) is 17.3 Å². The zero-order valence-corrected chi connectivity index (χ0v) is 13.1. The second-order valence-corrected chi connectivity index (χ2v) is 5.70. The molecule has 0 aliphatic heterocycles. The molecule has 3 aromatic rings. The normalized spacial score (nSPS) is 10.4. The van der Waals surface area contributed by atoms with E-state index in [1.54, 1.807) is 37.3 Å². The molecular weight excluding hydrogens is 312 g/mol. The van der Waals surface area contributed by atoms with Gasteiger partial charge in [0.05, 0.1) is 23.9 Å². The Labute approximate surface area is 136 Å². The van der Waals surface area contributed by atoms with Crippen molar-refractivity contribution in [1.82, 2.24) is 9.97 Å². The van der Waals surface area contributed by atoms with Crippen molar-refractivity contribution in [2.75, 3.05) is 12.3 Å². The van der Waals surface area contributed by atoms with Gasteiger partial charge in [0.15, 0.2) is 0 Å². The number of rotatable bonds is 3. The first-order chi connectivity index (χ1) is 11.1. The third-order valence-electron chi connectivity index (χ3n) is 3.17.